The minimum Gasteiger partial charge on any atom is -0.380 e. The lowest BCUT2D eigenvalue weighted by Crippen LogP contribution is -2.28. The number of nitrogens with one attached hydrogen (secondary N) is 1. The third-order valence-electron chi connectivity index (χ3n) is 3.46. The number of sulfone groups is 1. The van der Waals surface area contributed by atoms with Crippen molar-refractivity contribution in [2.45, 2.75) is 37.1 Å². The van der Waals surface area contributed by atoms with Gasteiger partial charge in [0.1, 0.15) is 0 Å². The molecule has 1 N–H and O–H groups in total. The lowest BCUT2D eigenvalue weighted by molar-refractivity contribution is -0.384. The molecule has 0 unspecified atom stereocenters. The quantitative estimate of drug-likeness (QED) is 0.657. The minimum atomic E-state index is -3.48. The van der Waals surface area contributed by atoms with E-state index in [-0.39, 0.29) is 10.7 Å². The van der Waals surface area contributed by atoms with Crippen molar-refractivity contribution in [2.24, 2.45) is 0 Å². The zero-order chi connectivity index (χ0) is 18.0. The molecule has 0 saturated carbocycles. The van der Waals surface area contributed by atoms with Gasteiger partial charge < -0.3 is 5.32 Å². The molecule has 0 radical (unpaired) electrons. The molecule has 128 valence electrons. The Morgan fingerprint density at radius 2 is 1.75 bits per heavy atom. The minimum absolute atomic E-state index is 0.0379. The van der Waals surface area contributed by atoms with Crippen LogP contribution in [-0.4, -0.2) is 23.1 Å². The van der Waals surface area contributed by atoms with E-state index in [2.05, 4.69) is 10.3 Å². The van der Waals surface area contributed by atoms with Gasteiger partial charge in [0.25, 0.3) is 5.69 Å². The SMILES string of the molecule is CC(C)(C)S(=O)(=O)c1ccc(NCc2ccc([N+](=O)[O-])cc2)cn1. The fraction of sp³-hybridized carbons (Fsp3) is 0.312. The van der Waals surface area contributed by atoms with Crippen LogP contribution < -0.4 is 5.32 Å². The predicted molar refractivity (Wildman–Crippen MR) is 91.6 cm³/mol. The van der Waals surface area contributed by atoms with Gasteiger partial charge in [0.15, 0.2) is 14.9 Å². The van der Waals surface area contributed by atoms with Crippen molar-refractivity contribution in [2.75, 3.05) is 5.32 Å². The molecule has 0 aliphatic carbocycles. The van der Waals surface area contributed by atoms with Crippen LogP contribution in [0.2, 0.25) is 0 Å². The van der Waals surface area contributed by atoms with Crippen LogP contribution in [0.15, 0.2) is 47.6 Å². The average Bonchev–Trinajstić information content (AvgIpc) is 2.52. The number of nitrogens with zero attached hydrogens (tertiary/aromatic N) is 2. The van der Waals surface area contributed by atoms with Gasteiger partial charge >= 0.3 is 0 Å². The van der Waals surface area contributed by atoms with Crippen LogP contribution in [0.3, 0.4) is 0 Å². The first-order chi connectivity index (χ1) is 11.1. The number of hydrogen-bond donors (Lipinski definition) is 1. The second kappa shape index (κ2) is 6.56. The van der Waals surface area contributed by atoms with Crippen molar-refractivity contribution in [3.05, 3.63) is 58.3 Å². The summed E-state index contributed by atoms with van der Waals surface area (Å²) in [5.41, 5.74) is 1.57. The number of hydrogen-bond acceptors (Lipinski definition) is 6. The maximum atomic E-state index is 12.3. The molecule has 2 rings (SSSR count). The highest BCUT2D eigenvalue weighted by molar-refractivity contribution is 7.92. The zero-order valence-electron chi connectivity index (χ0n) is 13.7. The van der Waals surface area contributed by atoms with Gasteiger partial charge in [-0.3, -0.25) is 10.1 Å². The van der Waals surface area contributed by atoms with E-state index in [4.69, 9.17) is 0 Å². The van der Waals surface area contributed by atoms with Crippen LogP contribution in [0.4, 0.5) is 11.4 Å². The summed E-state index contributed by atoms with van der Waals surface area (Å²) in [5, 5.41) is 13.7. The van der Waals surface area contributed by atoms with E-state index in [0.717, 1.165) is 5.56 Å². The normalized spacial score (nSPS) is 12.0. The van der Waals surface area contributed by atoms with Crippen molar-refractivity contribution in [3.63, 3.8) is 0 Å². The molecule has 1 aromatic heterocycles. The van der Waals surface area contributed by atoms with Gasteiger partial charge in [0.05, 0.1) is 21.6 Å². The fourth-order valence-corrected chi connectivity index (χ4v) is 2.96. The summed E-state index contributed by atoms with van der Waals surface area (Å²) in [6, 6.07) is 9.33. The van der Waals surface area contributed by atoms with Gasteiger partial charge in [0.2, 0.25) is 0 Å². The molecule has 0 amide bonds. The third-order valence-corrected chi connectivity index (χ3v) is 5.87. The zero-order valence-corrected chi connectivity index (χ0v) is 14.5. The Balaban J connectivity index is 2.06. The highest BCUT2D eigenvalue weighted by Gasteiger charge is 2.31. The number of nitro groups is 1. The van der Waals surface area contributed by atoms with E-state index in [0.29, 0.717) is 12.2 Å². The summed E-state index contributed by atoms with van der Waals surface area (Å²) < 4.78 is 23.7. The Bertz CT molecular complexity index is 823. The first kappa shape index (κ1) is 17.9. The number of aromatic nitrogens is 1. The van der Waals surface area contributed by atoms with Crippen molar-refractivity contribution < 1.29 is 13.3 Å². The van der Waals surface area contributed by atoms with E-state index in [1.807, 2.05) is 0 Å². The number of rotatable bonds is 5. The van der Waals surface area contributed by atoms with E-state index in [1.54, 1.807) is 39.0 Å². The Morgan fingerprint density at radius 1 is 1.12 bits per heavy atom. The molecule has 1 aromatic carbocycles. The second-order valence-corrected chi connectivity index (χ2v) is 8.93. The highest BCUT2D eigenvalue weighted by atomic mass is 32.2. The van der Waals surface area contributed by atoms with Crippen molar-refractivity contribution in [3.8, 4) is 0 Å². The molecule has 0 spiro atoms. The Kier molecular flexibility index (Phi) is 4.88. The predicted octanol–water partition coefficient (Wildman–Crippen LogP) is 3.17. The van der Waals surface area contributed by atoms with Crippen LogP contribution in [0, 0.1) is 10.1 Å². The molecule has 24 heavy (non-hydrogen) atoms. The smallest absolute Gasteiger partial charge is 0.269 e. The van der Waals surface area contributed by atoms with Crippen LogP contribution in [0.25, 0.3) is 0 Å². The Labute approximate surface area is 140 Å². The second-order valence-electron chi connectivity index (χ2n) is 6.28. The van der Waals surface area contributed by atoms with Crippen LogP contribution in [0.1, 0.15) is 26.3 Å². The lowest BCUT2D eigenvalue weighted by Gasteiger charge is -2.18. The van der Waals surface area contributed by atoms with Crippen LogP contribution in [0.5, 0.6) is 0 Å². The highest BCUT2D eigenvalue weighted by Crippen LogP contribution is 2.24. The summed E-state index contributed by atoms with van der Waals surface area (Å²) in [6.45, 7) is 5.34. The molecule has 0 atom stereocenters. The molecule has 2 aromatic rings. The third kappa shape index (κ3) is 3.88. The van der Waals surface area contributed by atoms with E-state index in [9.17, 15) is 18.5 Å². The number of pyridine rings is 1. The van der Waals surface area contributed by atoms with Crippen LogP contribution >= 0.6 is 0 Å². The Hall–Kier alpha value is -2.48. The number of anilines is 1. The van der Waals surface area contributed by atoms with Gasteiger partial charge in [-0.1, -0.05) is 12.1 Å². The average molecular weight is 349 g/mol. The maximum Gasteiger partial charge on any atom is 0.269 e. The maximum absolute atomic E-state index is 12.3. The van der Waals surface area contributed by atoms with Gasteiger partial charge in [-0.15, -0.1) is 0 Å². The summed E-state index contributed by atoms with van der Waals surface area (Å²) >= 11 is 0. The van der Waals surface area contributed by atoms with E-state index in [1.165, 1.54) is 24.4 Å². The monoisotopic (exact) mass is 349 g/mol. The first-order valence-electron chi connectivity index (χ1n) is 7.29. The molecule has 1 heterocycles. The molecule has 0 aliphatic heterocycles. The van der Waals surface area contributed by atoms with Crippen molar-refractivity contribution in [1.29, 1.82) is 0 Å². The molecule has 0 saturated heterocycles. The molecule has 7 nitrogen and oxygen atoms in total. The molecule has 0 bridgehead atoms. The van der Waals surface area contributed by atoms with Crippen LogP contribution in [-0.2, 0) is 16.4 Å². The van der Waals surface area contributed by atoms with Gasteiger partial charge in [-0.05, 0) is 38.5 Å². The fourth-order valence-electron chi connectivity index (χ4n) is 1.90. The summed E-state index contributed by atoms with van der Waals surface area (Å²) in [7, 11) is -3.48. The van der Waals surface area contributed by atoms with Gasteiger partial charge in [0, 0.05) is 18.7 Å². The lowest BCUT2D eigenvalue weighted by atomic mass is 10.2. The molecule has 0 fully saturated rings. The number of non-ortho nitro benzene ring substituents is 1. The molecule has 8 heteroatoms. The topological polar surface area (TPSA) is 102 Å². The number of nitro benzene ring substituents is 1. The number of benzene rings is 1. The Morgan fingerprint density at radius 3 is 2.21 bits per heavy atom. The van der Waals surface area contributed by atoms with Crippen molar-refractivity contribution >= 4 is 21.2 Å². The standard InChI is InChI=1S/C16H19N3O4S/c1-16(2,3)24(22,23)15-9-6-13(11-18-15)17-10-12-4-7-14(8-5-12)19(20)21/h4-9,11,17H,10H2,1-3H3. The van der Waals surface area contributed by atoms with E-state index >= 15 is 0 Å². The summed E-state index contributed by atoms with van der Waals surface area (Å²) in [6.07, 6.45) is 1.46. The van der Waals surface area contributed by atoms with Gasteiger partial charge in [-0.25, -0.2) is 13.4 Å². The van der Waals surface area contributed by atoms with Gasteiger partial charge in [-0.2, -0.15) is 0 Å². The first-order valence-corrected chi connectivity index (χ1v) is 8.77. The summed E-state index contributed by atoms with van der Waals surface area (Å²) in [5.74, 6) is 0. The van der Waals surface area contributed by atoms with E-state index < -0.39 is 19.5 Å². The molecular formula is C16H19N3O4S. The van der Waals surface area contributed by atoms with Crippen molar-refractivity contribution in [1.82, 2.24) is 4.98 Å². The summed E-state index contributed by atoms with van der Waals surface area (Å²) in [4.78, 5) is 14.2. The largest absolute Gasteiger partial charge is 0.380 e. The molecule has 0 aliphatic rings. The molecular weight excluding hydrogens is 330 g/mol.